The van der Waals surface area contributed by atoms with Crippen molar-refractivity contribution in [1.82, 2.24) is 4.31 Å². The van der Waals surface area contributed by atoms with Gasteiger partial charge in [-0.25, -0.2) is 30.7 Å². The van der Waals surface area contributed by atoms with Crippen molar-refractivity contribution >= 4 is 33.3 Å². The minimum absolute atomic E-state index is 0.00501. The third kappa shape index (κ3) is 4.40. The molecule has 3 amide bonds. The lowest BCUT2D eigenvalue weighted by Gasteiger charge is -2.37. The highest BCUT2D eigenvalue weighted by atomic mass is 32.2. The molecule has 1 aliphatic carbocycles. The van der Waals surface area contributed by atoms with Gasteiger partial charge >= 0.3 is 6.03 Å². The number of nitrogens with zero attached hydrogens (tertiary/aromatic N) is 1. The molecule has 0 aromatic heterocycles. The van der Waals surface area contributed by atoms with Gasteiger partial charge in [0.25, 0.3) is 22.4 Å². The van der Waals surface area contributed by atoms with Crippen LogP contribution in [-0.2, 0) is 10.0 Å². The number of fused-ring (bicyclic) bond motifs is 1. The van der Waals surface area contributed by atoms with Crippen LogP contribution in [0.4, 0.5) is 29.3 Å². The van der Waals surface area contributed by atoms with E-state index in [1.54, 1.807) is 0 Å². The van der Waals surface area contributed by atoms with Crippen LogP contribution in [0.3, 0.4) is 0 Å². The van der Waals surface area contributed by atoms with Gasteiger partial charge in [-0.15, -0.1) is 0 Å². The molecular formula is C21H20F3N3O5S. The Morgan fingerprint density at radius 1 is 1.12 bits per heavy atom. The summed E-state index contributed by atoms with van der Waals surface area (Å²) >= 11 is 0. The van der Waals surface area contributed by atoms with Gasteiger partial charge < -0.3 is 15.7 Å². The van der Waals surface area contributed by atoms with Crippen molar-refractivity contribution in [1.29, 1.82) is 0 Å². The summed E-state index contributed by atoms with van der Waals surface area (Å²) in [4.78, 5) is 24.9. The van der Waals surface area contributed by atoms with Gasteiger partial charge in [0.2, 0.25) is 0 Å². The van der Waals surface area contributed by atoms with E-state index in [0.29, 0.717) is 25.7 Å². The zero-order chi connectivity index (χ0) is 23.9. The van der Waals surface area contributed by atoms with Gasteiger partial charge in [0.05, 0.1) is 23.4 Å². The number of anilines is 2. The van der Waals surface area contributed by atoms with Crippen LogP contribution in [0.15, 0.2) is 41.3 Å². The van der Waals surface area contributed by atoms with Crippen molar-refractivity contribution in [2.24, 2.45) is 0 Å². The number of amides is 3. The summed E-state index contributed by atoms with van der Waals surface area (Å²) in [5.41, 5.74) is -1.06. The molecule has 3 N–H and O–H groups in total. The van der Waals surface area contributed by atoms with E-state index in [4.69, 9.17) is 0 Å². The van der Waals surface area contributed by atoms with E-state index in [1.807, 2.05) is 0 Å². The highest BCUT2D eigenvalue weighted by Gasteiger charge is 2.42. The number of benzene rings is 2. The SMILES string of the molecule is O=C(Nc1ccc(F)c(C(F)F)c1)c1ccc2c(c1)S(=O)(=O)N([C@H]1CC[C@H](O)CC1)C(=O)N2. The third-order valence-electron chi connectivity index (χ3n) is 5.71. The smallest absolute Gasteiger partial charge is 0.336 e. The topological polar surface area (TPSA) is 116 Å². The molecule has 0 radical (unpaired) electrons. The third-order valence-corrected chi connectivity index (χ3v) is 7.58. The van der Waals surface area contributed by atoms with Gasteiger partial charge in [-0.05, 0) is 62.1 Å². The Morgan fingerprint density at radius 3 is 2.48 bits per heavy atom. The Kier molecular flexibility index (Phi) is 6.06. The van der Waals surface area contributed by atoms with Gasteiger partial charge in [0, 0.05) is 11.3 Å². The molecule has 0 saturated heterocycles. The monoisotopic (exact) mass is 483 g/mol. The lowest BCUT2D eigenvalue weighted by atomic mass is 9.93. The summed E-state index contributed by atoms with van der Waals surface area (Å²) < 4.78 is 66.5. The molecule has 0 bridgehead atoms. The molecule has 1 fully saturated rings. The van der Waals surface area contributed by atoms with E-state index in [2.05, 4.69) is 10.6 Å². The molecule has 0 atom stereocenters. The first-order valence-electron chi connectivity index (χ1n) is 10.1. The first-order chi connectivity index (χ1) is 15.6. The van der Waals surface area contributed by atoms with Gasteiger partial charge in [0.1, 0.15) is 10.7 Å². The zero-order valence-corrected chi connectivity index (χ0v) is 17.9. The maximum Gasteiger partial charge on any atom is 0.336 e. The molecule has 1 aliphatic heterocycles. The quantitative estimate of drug-likeness (QED) is 0.611. The predicted molar refractivity (Wildman–Crippen MR) is 112 cm³/mol. The number of alkyl halides is 2. The predicted octanol–water partition coefficient (Wildman–Crippen LogP) is 3.86. The average molecular weight is 483 g/mol. The fourth-order valence-electron chi connectivity index (χ4n) is 4.01. The molecule has 8 nitrogen and oxygen atoms in total. The van der Waals surface area contributed by atoms with Gasteiger partial charge in [0.15, 0.2) is 0 Å². The van der Waals surface area contributed by atoms with Crippen molar-refractivity contribution in [2.45, 2.75) is 49.2 Å². The minimum Gasteiger partial charge on any atom is -0.393 e. The van der Waals surface area contributed by atoms with E-state index in [-0.39, 0.29) is 21.8 Å². The molecule has 176 valence electrons. The lowest BCUT2D eigenvalue weighted by Crippen LogP contribution is -2.51. The molecule has 0 unspecified atom stereocenters. The van der Waals surface area contributed by atoms with E-state index in [0.717, 1.165) is 28.6 Å². The van der Waals surface area contributed by atoms with Crippen LogP contribution >= 0.6 is 0 Å². The molecule has 33 heavy (non-hydrogen) atoms. The number of aliphatic hydroxyl groups excluding tert-OH is 1. The number of sulfonamides is 1. The molecule has 2 aromatic carbocycles. The number of nitrogens with one attached hydrogen (secondary N) is 2. The number of carbonyl (C=O) groups excluding carboxylic acids is 2. The van der Waals surface area contributed by atoms with Crippen LogP contribution in [0.5, 0.6) is 0 Å². The number of halogens is 3. The number of rotatable bonds is 4. The highest BCUT2D eigenvalue weighted by Crippen LogP contribution is 2.36. The molecule has 0 spiro atoms. The van der Waals surface area contributed by atoms with Crippen molar-refractivity contribution in [3.63, 3.8) is 0 Å². The largest absolute Gasteiger partial charge is 0.393 e. The summed E-state index contributed by atoms with van der Waals surface area (Å²) in [7, 11) is -4.29. The van der Waals surface area contributed by atoms with Crippen LogP contribution in [0, 0.1) is 5.82 Å². The van der Waals surface area contributed by atoms with Crippen LogP contribution in [0.25, 0.3) is 0 Å². The number of urea groups is 1. The highest BCUT2D eigenvalue weighted by molar-refractivity contribution is 7.90. The normalized spacial score (nSPS) is 22.0. The molecule has 2 aliphatic rings. The van der Waals surface area contributed by atoms with Gasteiger partial charge in [-0.3, -0.25) is 4.79 Å². The Bertz CT molecular complexity index is 1210. The Hall–Kier alpha value is -3.12. The molecule has 1 saturated carbocycles. The van der Waals surface area contributed by atoms with Crippen LogP contribution in [0.2, 0.25) is 0 Å². The second kappa shape index (κ2) is 8.67. The van der Waals surface area contributed by atoms with Crippen LogP contribution in [-0.4, -0.2) is 41.9 Å². The summed E-state index contributed by atoms with van der Waals surface area (Å²) in [6.07, 6.45) is -2.29. The van der Waals surface area contributed by atoms with E-state index >= 15 is 0 Å². The van der Waals surface area contributed by atoms with Crippen molar-refractivity contribution in [3.05, 3.63) is 53.3 Å². The average Bonchev–Trinajstić information content (AvgIpc) is 2.75. The number of carbonyl (C=O) groups is 2. The maximum atomic E-state index is 13.5. The van der Waals surface area contributed by atoms with E-state index < -0.39 is 51.9 Å². The summed E-state index contributed by atoms with van der Waals surface area (Å²) in [6.45, 7) is 0. The Labute approximate surface area is 187 Å². The summed E-state index contributed by atoms with van der Waals surface area (Å²) in [5, 5.41) is 14.5. The fraction of sp³-hybridized carbons (Fsp3) is 0.333. The molecule has 12 heteroatoms. The summed E-state index contributed by atoms with van der Waals surface area (Å²) in [5.74, 6) is -1.92. The molecule has 1 heterocycles. The van der Waals surface area contributed by atoms with Crippen molar-refractivity contribution in [3.8, 4) is 0 Å². The molecular weight excluding hydrogens is 463 g/mol. The number of hydrogen-bond acceptors (Lipinski definition) is 5. The minimum atomic E-state index is -4.29. The molecule has 4 rings (SSSR count). The molecule has 2 aromatic rings. The fourth-order valence-corrected chi connectivity index (χ4v) is 5.76. The first kappa shape index (κ1) is 23.1. The van der Waals surface area contributed by atoms with E-state index in [1.165, 1.54) is 12.1 Å². The number of aliphatic hydroxyl groups is 1. The second-order valence-electron chi connectivity index (χ2n) is 7.90. The van der Waals surface area contributed by atoms with E-state index in [9.17, 15) is 36.3 Å². The second-order valence-corrected chi connectivity index (χ2v) is 9.68. The number of hydrogen-bond donors (Lipinski definition) is 3. The summed E-state index contributed by atoms with van der Waals surface area (Å²) in [6, 6.07) is 4.87. The Morgan fingerprint density at radius 2 is 1.82 bits per heavy atom. The Balaban J connectivity index is 1.62. The first-order valence-corrected chi connectivity index (χ1v) is 11.6. The van der Waals surface area contributed by atoms with Gasteiger partial charge in [-0.2, -0.15) is 0 Å². The zero-order valence-electron chi connectivity index (χ0n) is 17.1. The van der Waals surface area contributed by atoms with Gasteiger partial charge in [-0.1, -0.05) is 0 Å². The van der Waals surface area contributed by atoms with Crippen LogP contribution < -0.4 is 10.6 Å². The standard InChI is InChI=1S/C21H20F3N3O5S/c22-16-7-2-12(10-15(16)19(23)24)25-20(29)11-1-8-17-18(9-11)33(31,32)27(21(30)26-17)13-3-5-14(28)6-4-13/h1-2,7-10,13-14,19,28H,3-6H2,(H,25,29)(H,26,30)/t13-,14-. The van der Waals surface area contributed by atoms with Crippen LogP contribution in [0.1, 0.15) is 48.0 Å². The maximum absolute atomic E-state index is 13.5. The lowest BCUT2D eigenvalue weighted by molar-refractivity contribution is 0.102. The van der Waals surface area contributed by atoms with Crippen molar-refractivity contribution in [2.75, 3.05) is 10.6 Å². The van der Waals surface area contributed by atoms with Crippen molar-refractivity contribution < 1.29 is 36.3 Å².